The van der Waals surface area contributed by atoms with E-state index in [-0.39, 0.29) is 25.3 Å². The normalized spacial score (nSPS) is 12.3. The fraction of sp³-hybridized carbons (Fsp3) is 0.238. The molecule has 13 heteroatoms. The molecule has 0 spiro atoms. The predicted octanol–water partition coefficient (Wildman–Crippen LogP) is 1.66. The van der Waals surface area contributed by atoms with Crippen molar-refractivity contribution in [1.82, 2.24) is 20.1 Å². The third-order valence-corrected chi connectivity index (χ3v) is 4.53. The second-order valence-electron chi connectivity index (χ2n) is 6.82. The molecule has 34 heavy (non-hydrogen) atoms. The Balaban J connectivity index is 2.04. The van der Waals surface area contributed by atoms with Crippen molar-refractivity contribution in [3.05, 3.63) is 60.4 Å². The molecule has 0 aliphatic carbocycles. The zero-order chi connectivity index (χ0) is 24.9. The van der Waals surface area contributed by atoms with Crippen molar-refractivity contribution in [1.29, 1.82) is 0 Å². The Morgan fingerprint density at radius 1 is 1.26 bits per heavy atom. The van der Waals surface area contributed by atoms with E-state index >= 15 is 0 Å². The Bertz CT molecular complexity index is 1190. The van der Waals surface area contributed by atoms with E-state index in [1.165, 1.54) is 29.1 Å². The molecule has 0 saturated carbocycles. The summed E-state index contributed by atoms with van der Waals surface area (Å²) in [4.78, 5) is 27.3. The van der Waals surface area contributed by atoms with E-state index in [9.17, 15) is 27.9 Å². The van der Waals surface area contributed by atoms with Gasteiger partial charge in [-0.3, -0.25) is 9.59 Å². The zero-order valence-electron chi connectivity index (χ0n) is 17.6. The topological polar surface area (TPSA) is 142 Å². The van der Waals surface area contributed by atoms with Crippen LogP contribution in [0, 0.1) is 0 Å². The van der Waals surface area contributed by atoms with E-state index in [0.29, 0.717) is 22.3 Å². The second kappa shape index (κ2) is 10.3. The van der Waals surface area contributed by atoms with E-state index in [4.69, 9.17) is 10.5 Å². The Hall–Kier alpha value is -3.97. The lowest BCUT2D eigenvalue weighted by Crippen LogP contribution is -2.21. The first kappa shape index (κ1) is 24.7. The summed E-state index contributed by atoms with van der Waals surface area (Å²) in [5, 5.41) is 18.0. The molecule has 1 atom stereocenters. The molecule has 0 saturated heterocycles. The number of hydrogen-bond donors (Lipinski definition) is 3. The van der Waals surface area contributed by atoms with Crippen LogP contribution in [0.2, 0.25) is 0 Å². The van der Waals surface area contributed by atoms with Gasteiger partial charge in [0.25, 0.3) is 0 Å². The van der Waals surface area contributed by atoms with Gasteiger partial charge in [0.2, 0.25) is 5.91 Å². The number of fused-ring (bicyclic) bond motifs is 1. The van der Waals surface area contributed by atoms with Gasteiger partial charge in [-0.25, -0.2) is 9.67 Å². The molecule has 3 aromatic rings. The third-order valence-electron chi connectivity index (χ3n) is 4.53. The number of nitrogens with zero attached hydrogens (tertiary/aromatic N) is 3. The fourth-order valence-electron chi connectivity index (χ4n) is 3.07. The van der Waals surface area contributed by atoms with Gasteiger partial charge in [-0.15, -0.1) is 13.2 Å². The molecule has 10 nitrogen and oxygen atoms in total. The number of nitrogens with two attached hydrogens (primary N) is 1. The summed E-state index contributed by atoms with van der Waals surface area (Å²) >= 11 is 0. The lowest BCUT2D eigenvalue weighted by molar-refractivity contribution is -0.274. The van der Waals surface area contributed by atoms with E-state index in [0.717, 1.165) is 18.2 Å². The molecule has 1 amide bonds. The van der Waals surface area contributed by atoms with Crippen LogP contribution in [0.25, 0.3) is 16.7 Å². The van der Waals surface area contributed by atoms with Crippen LogP contribution in [0.15, 0.2) is 49.2 Å². The number of halogens is 3. The van der Waals surface area contributed by atoms with Crippen molar-refractivity contribution in [2.75, 3.05) is 13.2 Å². The Labute approximate surface area is 190 Å². The van der Waals surface area contributed by atoms with Gasteiger partial charge in [-0.1, -0.05) is 6.58 Å². The van der Waals surface area contributed by atoms with Crippen molar-refractivity contribution in [3.63, 3.8) is 0 Å². The van der Waals surface area contributed by atoms with Crippen LogP contribution in [0.1, 0.15) is 17.4 Å². The van der Waals surface area contributed by atoms with Gasteiger partial charge in [0.1, 0.15) is 18.5 Å². The fourth-order valence-corrected chi connectivity index (χ4v) is 3.07. The number of ether oxygens (including phenoxy) is 2. The molecule has 0 radical (unpaired) electrons. The SMILES string of the molecule is C=CC(=O)NCc1nn(-c2ccc(OC(F)(F)F)cc2)c2nccc([C@H](O)COC(=O)CN)c12. The number of amides is 1. The maximum atomic E-state index is 12.5. The number of rotatable bonds is 9. The molecule has 3 rings (SSSR count). The summed E-state index contributed by atoms with van der Waals surface area (Å²) in [7, 11) is 0. The van der Waals surface area contributed by atoms with Crippen molar-refractivity contribution in [3.8, 4) is 11.4 Å². The summed E-state index contributed by atoms with van der Waals surface area (Å²) in [6, 6.07) is 6.40. The molecule has 0 aliphatic heterocycles. The maximum Gasteiger partial charge on any atom is 0.573 e. The standard InChI is InChI=1S/C21H20F3N5O5/c1-2-17(31)27-10-15-19-14(16(30)11-33-18(32)9-25)7-8-26-20(19)29(28-15)12-3-5-13(6-4-12)34-21(22,23)24/h2-8,16,30H,1,9-11,25H2,(H,27,31)/t16-/m1/s1. The van der Waals surface area contributed by atoms with Gasteiger partial charge < -0.3 is 25.6 Å². The highest BCUT2D eigenvalue weighted by atomic mass is 19.4. The third kappa shape index (κ3) is 5.88. The predicted molar refractivity (Wildman–Crippen MR) is 113 cm³/mol. The minimum atomic E-state index is -4.84. The molecule has 0 unspecified atom stereocenters. The smallest absolute Gasteiger partial charge is 0.462 e. The van der Waals surface area contributed by atoms with Crippen LogP contribution < -0.4 is 15.8 Å². The second-order valence-corrected chi connectivity index (χ2v) is 6.82. The maximum absolute atomic E-state index is 12.5. The number of esters is 1. The summed E-state index contributed by atoms with van der Waals surface area (Å²) in [5.74, 6) is -1.60. The molecule has 180 valence electrons. The first-order valence-electron chi connectivity index (χ1n) is 9.79. The molecule has 1 aromatic carbocycles. The lowest BCUT2D eigenvalue weighted by atomic mass is 10.1. The first-order valence-corrected chi connectivity index (χ1v) is 9.79. The quantitative estimate of drug-likeness (QED) is 0.311. The summed E-state index contributed by atoms with van der Waals surface area (Å²) in [5.41, 5.74) is 6.40. The Morgan fingerprint density at radius 3 is 2.59 bits per heavy atom. The number of carbonyl (C=O) groups is 2. The van der Waals surface area contributed by atoms with E-state index in [1.54, 1.807) is 0 Å². The van der Waals surface area contributed by atoms with Gasteiger partial charge in [-0.05, 0) is 42.0 Å². The molecule has 4 N–H and O–H groups in total. The van der Waals surface area contributed by atoms with Crippen molar-refractivity contribution in [2.24, 2.45) is 5.73 Å². The highest BCUT2D eigenvalue weighted by Crippen LogP contribution is 2.29. The average molecular weight is 479 g/mol. The molecular weight excluding hydrogens is 459 g/mol. The minimum Gasteiger partial charge on any atom is -0.462 e. The van der Waals surface area contributed by atoms with Crippen LogP contribution in [-0.4, -0.2) is 51.3 Å². The average Bonchev–Trinajstić information content (AvgIpc) is 3.19. The van der Waals surface area contributed by atoms with Gasteiger partial charge in [0.15, 0.2) is 5.65 Å². The molecule has 2 heterocycles. The number of aliphatic hydroxyl groups is 1. The van der Waals surface area contributed by atoms with Gasteiger partial charge in [-0.2, -0.15) is 5.10 Å². The van der Waals surface area contributed by atoms with Gasteiger partial charge >= 0.3 is 12.3 Å². The highest BCUT2D eigenvalue weighted by Gasteiger charge is 2.31. The Kier molecular flexibility index (Phi) is 7.48. The molecular formula is C21H20F3N5O5. The van der Waals surface area contributed by atoms with Crippen LogP contribution in [0.3, 0.4) is 0 Å². The van der Waals surface area contributed by atoms with Crippen LogP contribution in [0.5, 0.6) is 5.75 Å². The number of benzene rings is 1. The number of pyridine rings is 1. The largest absolute Gasteiger partial charge is 0.573 e. The highest BCUT2D eigenvalue weighted by molar-refractivity contribution is 5.88. The zero-order valence-corrected chi connectivity index (χ0v) is 17.6. The number of aromatic nitrogens is 3. The first-order chi connectivity index (χ1) is 16.1. The van der Waals surface area contributed by atoms with Gasteiger partial charge in [0.05, 0.1) is 29.9 Å². The lowest BCUT2D eigenvalue weighted by Gasteiger charge is -2.13. The van der Waals surface area contributed by atoms with E-state index in [2.05, 4.69) is 26.7 Å². The van der Waals surface area contributed by atoms with Gasteiger partial charge in [0, 0.05) is 6.20 Å². The van der Waals surface area contributed by atoms with Crippen LogP contribution >= 0.6 is 0 Å². The molecule has 0 bridgehead atoms. The summed E-state index contributed by atoms with van der Waals surface area (Å²) in [6.07, 6.45) is -3.65. The van der Waals surface area contributed by atoms with Crippen LogP contribution in [-0.2, 0) is 20.9 Å². The van der Waals surface area contributed by atoms with E-state index in [1.807, 2.05) is 0 Å². The molecule has 2 aromatic heterocycles. The molecule has 0 fully saturated rings. The monoisotopic (exact) mass is 479 g/mol. The minimum absolute atomic E-state index is 0.0718. The number of nitrogens with one attached hydrogen (secondary N) is 1. The Morgan fingerprint density at radius 2 is 1.97 bits per heavy atom. The van der Waals surface area contributed by atoms with Crippen molar-refractivity contribution in [2.45, 2.75) is 19.0 Å². The van der Waals surface area contributed by atoms with E-state index < -0.39 is 30.1 Å². The number of alkyl halides is 3. The summed E-state index contributed by atoms with van der Waals surface area (Å²) < 4.78 is 47.5. The number of carbonyl (C=O) groups excluding carboxylic acids is 2. The van der Waals surface area contributed by atoms with Crippen molar-refractivity contribution < 1.29 is 37.3 Å². The molecule has 0 aliphatic rings. The number of aliphatic hydroxyl groups excluding tert-OH is 1. The van der Waals surface area contributed by atoms with Crippen LogP contribution in [0.4, 0.5) is 13.2 Å². The van der Waals surface area contributed by atoms with Crippen molar-refractivity contribution >= 4 is 22.9 Å². The number of hydrogen-bond acceptors (Lipinski definition) is 8. The summed E-state index contributed by atoms with van der Waals surface area (Å²) in [6.45, 7) is 2.56.